The smallest absolute Gasteiger partial charge is 0.140 e. The van der Waals surface area contributed by atoms with Crippen LogP contribution in [-0.4, -0.2) is 0 Å². The molecule has 0 aromatic heterocycles. The van der Waals surface area contributed by atoms with Crippen LogP contribution in [-0.2, 0) is 6.61 Å². The maximum absolute atomic E-state index is 8.76. The van der Waals surface area contributed by atoms with E-state index in [2.05, 4.69) is 0 Å². The molecular formula is C14H10Cl2N2O. The molecule has 0 aliphatic carbocycles. The summed E-state index contributed by atoms with van der Waals surface area (Å²) in [7, 11) is 0. The van der Waals surface area contributed by atoms with Crippen molar-refractivity contribution in [1.29, 1.82) is 5.26 Å². The lowest BCUT2D eigenvalue weighted by molar-refractivity contribution is 0.306. The van der Waals surface area contributed by atoms with Crippen molar-refractivity contribution in [3.8, 4) is 11.8 Å². The zero-order chi connectivity index (χ0) is 13.8. The third kappa shape index (κ3) is 3.31. The molecule has 2 aromatic carbocycles. The lowest BCUT2D eigenvalue weighted by Gasteiger charge is -2.10. The summed E-state index contributed by atoms with van der Waals surface area (Å²) in [6.45, 7) is 0.258. The topological polar surface area (TPSA) is 59.0 Å². The molecule has 0 fully saturated rings. The van der Waals surface area contributed by atoms with Crippen LogP contribution in [0.3, 0.4) is 0 Å². The fourth-order valence-corrected chi connectivity index (χ4v) is 1.93. The monoisotopic (exact) mass is 292 g/mol. The fourth-order valence-electron chi connectivity index (χ4n) is 1.52. The predicted molar refractivity (Wildman–Crippen MR) is 76.4 cm³/mol. The summed E-state index contributed by atoms with van der Waals surface area (Å²) in [4.78, 5) is 0. The molecule has 0 amide bonds. The van der Waals surface area contributed by atoms with E-state index in [0.717, 1.165) is 5.56 Å². The molecule has 5 heteroatoms. The van der Waals surface area contributed by atoms with Crippen molar-refractivity contribution in [2.75, 3.05) is 5.73 Å². The van der Waals surface area contributed by atoms with Crippen molar-refractivity contribution < 1.29 is 4.74 Å². The van der Waals surface area contributed by atoms with Gasteiger partial charge >= 0.3 is 0 Å². The van der Waals surface area contributed by atoms with Crippen molar-refractivity contribution in [3.63, 3.8) is 0 Å². The van der Waals surface area contributed by atoms with E-state index in [1.807, 2.05) is 6.07 Å². The van der Waals surface area contributed by atoms with Gasteiger partial charge in [-0.15, -0.1) is 0 Å². The van der Waals surface area contributed by atoms with Crippen LogP contribution in [0, 0.1) is 11.3 Å². The van der Waals surface area contributed by atoms with Crippen LogP contribution < -0.4 is 10.5 Å². The lowest BCUT2D eigenvalue weighted by Crippen LogP contribution is -1.98. The summed E-state index contributed by atoms with van der Waals surface area (Å²) >= 11 is 12.0. The average Bonchev–Trinajstić information content (AvgIpc) is 2.40. The Kier molecular flexibility index (Phi) is 4.16. The second-order valence-corrected chi connectivity index (χ2v) is 4.71. The van der Waals surface area contributed by atoms with Gasteiger partial charge in [-0.2, -0.15) is 5.26 Å². The van der Waals surface area contributed by atoms with Crippen LogP contribution in [0.15, 0.2) is 36.4 Å². The molecule has 0 radical (unpaired) electrons. The van der Waals surface area contributed by atoms with E-state index >= 15 is 0 Å². The Morgan fingerprint density at radius 3 is 2.58 bits per heavy atom. The Morgan fingerprint density at radius 2 is 1.89 bits per heavy atom. The Morgan fingerprint density at radius 1 is 1.11 bits per heavy atom. The lowest BCUT2D eigenvalue weighted by atomic mass is 10.1. The third-order valence-electron chi connectivity index (χ3n) is 2.52. The maximum atomic E-state index is 8.76. The number of ether oxygens (including phenoxy) is 1. The second-order valence-electron chi connectivity index (χ2n) is 3.90. The van der Waals surface area contributed by atoms with Crippen molar-refractivity contribution in [2.24, 2.45) is 0 Å². The minimum atomic E-state index is 0.258. The zero-order valence-electron chi connectivity index (χ0n) is 9.86. The number of nitriles is 1. The number of nitrogens with zero attached hydrogens (tertiary/aromatic N) is 1. The van der Waals surface area contributed by atoms with Crippen molar-refractivity contribution in [2.45, 2.75) is 6.61 Å². The van der Waals surface area contributed by atoms with Gasteiger partial charge in [-0.1, -0.05) is 29.3 Å². The molecule has 0 saturated heterocycles. The Bertz CT molecular complexity index is 650. The standard InChI is InChI=1S/C14H10Cl2N2O/c15-12-4-3-11(18)6-14(12)19-8-10-2-1-9(7-17)5-13(10)16/h1-6H,8,18H2. The van der Waals surface area contributed by atoms with Gasteiger partial charge in [0.25, 0.3) is 0 Å². The highest BCUT2D eigenvalue weighted by Crippen LogP contribution is 2.28. The number of rotatable bonds is 3. The highest BCUT2D eigenvalue weighted by Gasteiger charge is 2.06. The summed E-state index contributed by atoms with van der Waals surface area (Å²) in [5.74, 6) is 0.502. The van der Waals surface area contributed by atoms with E-state index < -0.39 is 0 Å². The fraction of sp³-hybridized carbons (Fsp3) is 0.0714. The Hall–Kier alpha value is -1.89. The number of nitrogens with two attached hydrogens (primary N) is 1. The van der Waals surface area contributed by atoms with Gasteiger partial charge in [0.1, 0.15) is 12.4 Å². The maximum Gasteiger partial charge on any atom is 0.140 e. The molecule has 96 valence electrons. The van der Waals surface area contributed by atoms with Gasteiger partial charge in [-0.05, 0) is 24.3 Å². The van der Waals surface area contributed by atoms with Crippen LogP contribution in [0.2, 0.25) is 10.0 Å². The summed E-state index contributed by atoms with van der Waals surface area (Å²) in [6.07, 6.45) is 0. The van der Waals surface area contributed by atoms with Crippen LogP contribution in [0.5, 0.6) is 5.75 Å². The molecule has 0 aliphatic heterocycles. The summed E-state index contributed by atoms with van der Waals surface area (Å²) in [6, 6.07) is 12.1. The van der Waals surface area contributed by atoms with Gasteiger partial charge in [0, 0.05) is 22.3 Å². The van der Waals surface area contributed by atoms with Gasteiger partial charge in [-0.3, -0.25) is 0 Å². The summed E-state index contributed by atoms with van der Waals surface area (Å²) < 4.78 is 5.58. The van der Waals surface area contributed by atoms with Crippen LogP contribution in [0.1, 0.15) is 11.1 Å². The van der Waals surface area contributed by atoms with Gasteiger partial charge in [-0.25, -0.2) is 0 Å². The molecule has 19 heavy (non-hydrogen) atoms. The first kappa shape index (κ1) is 13.5. The van der Waals surface area contributed by atoms with Crippen molar-refractivity contribution in [1.82, 2.24) is 0 Å². The first-order valence-electron chi connectivity index (χ1n) is 5.46. The molecule has 0 spiro atoms. The first-order chi connectivity index (χ1) is 9.10. The highest BCUT2D eigenvalue weighted by atomic mass is 35.5. The van der Waals surface area contributed by atoms with Gasteiger partial charge in [0.05, 0.1) is 16.7 Å². The molecular weight excluding hydrogens is 283 g/mol. The molecule has 0 heterocycles. The molecule has 0 bridgehead atoms. The first-order valence-corrected chi connectivity index (χ1v) is 6.22. The molecule has 0 unspecified atom stereocenters. The third-order valence-corrected chi connectivity index (χ3v) is 3.18. The van der Waals surface area contributed by atoms with E-state index in [4.69, 9.17) is 38.9 Å². The van der Waals surface area contributed by atoms with Crippen molar-refractivity contribution in [3.05, 3.63) is 57.6 Å². The number of nitrogen functional groups attached to an aromatic ring is 1. The van der Waals surface area contributed by atoms with Crippen LogP contribution in [0.25, 0.3) is 0 Å². The predicted octanol–water partition coefficient (Wildman–Crippen LogP) is 4.03. The molecule has 0 saturated carbocycles. The largest absolute Gasteiger partial charge is 0.487 e. The van der Waals surface area contributed by atoms with Gasteiger partial charge < -0.3 is 10.5 Å². The summed E-state index contributed by atoms with van der Waals surface area (Å²) in [5.41, 5.74) is 7.52. The Labute approximate surface area is 121 Å². The molecule has 3 nitrogen and oxygen atoms in total. The Balaban J connectivity index is 2.15. The highest BCUT2D eigenvalue weighted by molar-refractivity contribution is 6.32. The van der Waals surface area contributed by atoms with Crippen LogP contribution in [0.4, 0.5) is 5.69 Å². The second kappa shape index (κ2) is 5.83. The normalized spacial score (nSPS) is 9.95. The van der Waals surface area contributed by atoms with E-state index in [0.29, 0.717) is 27.0 Å². The molecule has 2 aromatic rings. The van der Waals surface area contributed by atoms with E-state index in [1.54, 1.807) is 36.4 Å². The average molecular weight is 293 g/mol. The minimum Gasteiger partial charge on any atom is -0.487 e. The summed E-state index contributed by atoms with van der Waals surface area (Å²) in [5, 5.41) is 9.73. The van der Waals surface area contributed by atoms with Gasteiger partial charge in [0.2, 0.25) is 0 Å². The molecule has 0 atom stereocenters. The number of benzene rings is 2. The quantitative estimate of drug-likeness (QED) is 0.869. The number of hydrogen-bond donors (Lipinski definition) is 1. The number of halogens is 2. The molecule has 0 aliphatic rings. The van der Waals surface area contributed by atoms with E-state index in [9.17, 15) is 0 Å². The zero-order valence-corrected chi connectivity index (χ0v) is 11.4. The number of anilines is 1. The van der Waals surface area contributed by atoms with Crippen molar-refractivity contribution >= 4 is 28.9 Å². The van der Waals surface area contributed by atoms with E-state index in [1.165, 1.54) is 0 Å². The SMILES string of the molecule is N#Cc1ccc(COc2cc(N)ccc2Cl)c(Cl)c1. The van der Waals surface area contributed by atoms with E-state index in [-0.39, 0.29) is 6.61 Å². The number of hydrogen-bond acceptors (Lipinski definition) is 3. The molecule has 2 N–H and O–H groups in total. The van der Waals surface area contributed by atoms with Crippen LogP contribution >= 0.6 is 23.2 Å². The molecule has 2 rings (SSSR count). The van der Waals surface area contributed by atoms with Gasteiger partial charge in [0.15, 0.2) is 0 Å². The minimum absolute atomic E-state index is 0.258.